The van der Waals surface area contributed by atoms with Gasteiger partial charge in [0.05, 0.1) is 16.9 Å². The van der Waals surface area contributed by atoms with Crippen LogP contribution in [0, 0.1) is 0 Å². The highest BCUT2D eigenvalue weighted by Gasteiger charge is 2.11. The predicted octanol–water partition coefficient (Wildman–Crippen LogP) is 0.845. The van der Waals surface area contributed by atoms with Gasteiger partial charge in [0.25, 0.3) is 5.91 Å². The van der Waals surface area contributed by atoms with Crippen LogP contribution in [0.15, 0.2) is 30.5 Å². The summed E-state index contributed by atoms with van der Waals surface area (Å²) >= 11 is 0. The zero-order valence-electron chi connectivity index (χ0n) is 9.34. The topological polar surface area (TPSA) is 99.0 Å². The van der Waals surface area contributed by atoms with Crippen LogP contribution in [0.25, 0.3) is 0 Å². The lowest BCUT2D eigenvalue weighted by molar-refractivity contribution is 0.100. The lowest BCUT2D eigenvalue weighted by Gasteiger charge is -2.10. The molecule has 6 nitrogen and oxygen atoms in total. The number of anilines is 3. The molecule has 17 heavy (non-hydrogen) atoms. The molecule has 0 saturated heterocycles. The van der Waals surface area contributed by atoms with Gasteiger partial charge in [-0.1, -0.05) is 6.07 Å². The first-order valence-corrected chi connectivity index (χ1v) is 5.03. The Bertz CT molecular complexity index is 561. The van der Waals surface area contributed by atoms with Gasteiger partial charge in [0, 0.05) is 19.3 Å². The van der Waals surface area contributed by atoms with Gasteiger partial charge in [-0.05, 0) is 12.1 Å². The van der Waals surface area contributed by atoms with Gasteiger partial charge in [0.1, 0.15) is 0 Å². The summed E-state index contributed by atoms with van der Waals surface area (Å²) < 4.78 is 1.64. The van der Waals surface area contributed by atoms with E-state index in [1.54, 1.807) is 42.2 Å². The third-order valence-electron chi connectivity index (χ3n) is 2.33. The van der Waals surface area contributed by atoms with Crippen molar-refractivity contribution >= 4 is 23.1 Å². The van der Waals surface area contributed by atoms with E-state index in [-0.39, 0.29) is 0 Å². The fraction of sp³-hybridized carbons (Fsp3) is 0.0909. The number of carbonyl (C=O) groups excluding carboxylic acids is 1. The van der Waals surface area contributed by atoms with E-state index in [2.05, 4.69) is 10.4 Å². The van der Waals surface area contributed by atoms with Crippen molar-refractivity contribution in [3.63, 3.8) is 0 Å². The SMILES string of the molecule is Cn1ccc(Nc2c(N)cccc2C(N)=O)n1. The van der Waals surface area contributed by atoms with Crippen LogP contribution in [0.4, 0.5) is 17.2 Å². The molecular weight excluding hydrogens is 218 g/mol. The second-order valence-electron chi connectivity index (χ2n) is 3.63. The Hall–Kier alpha value is -2.50. The zero-order valence-corrected chi connectivity index (χ0v) is 9.34. The lowest BCUT2D eigenvalue weighted by atomic mass is 10.1. The minimum absolute atomic E-state index is 0.343. The third kappa shape index (κ3) is 2.20. The molecule has 0 aliphatic heterocycles. The molecule has 2 aromatic rings. The van der Waals surface area contributed by atoms with Gasteiger partial charge in [-0.3, -0.25) is 9.48 Å². The minimum atomic E-state index is -0.532. The highest BCUT2D eigenvalue weighted by Crippen LogP contribution is 2.26. The quantitative estimate of drug-likeness (QED) is 0.682. The van der Waals surface area contributed by atoms with Gasteiger partial charge in [-0.2, -0.15) is 5.10 Å². The number of primary amides is 1. The number of nitrogens with one attached hydrogen (secondary N) is 1. The summed E-state index contributed by atoms with van der Waals surface area (Å²) in [5.41, 5.74) is 12.4. The summed E-state index contributed by atoms with van der Waals surface area (Å²) in [5, 5.41) is 7.13. The monoisotopic (exact) mass is 231 g/mol. The fourth-order valence-electron chi connectivity index (χ4n) is 1.52. The zero-order chi connectivity index (χ0) is 12.4. The number of nitrogen functional groups attached to an aromatic ring is 1. The first-order chi connectivity index (χ1) is 8.08. The molecule has 0 saturated carbocycles. The molecule has 0 aliphatic carbocycles. The summed E-state index contributed by atoms with van der Waals surface area (Å²) in [6, 6.07) is 6.76. The molecular formula is C11H13N5O. The smallest absolute Gasteiger partial charge is 0.250 e. The molecule has 1 aromatic heterocycles. The Morgan fingerprint density at radius 1 is 1.41 bits per heavy atom. The first kappa shape index (κ1) is 11.0. The minimum Gasteiger partial charge on any atom is -0.397 e. The number of nitrogens with two attached hydrogens (primary N) is 2. The van der Waals surface area contributed by atoms with Gasteiger partial charge in [-0.25, -0.2) is 0 Å². The summed E-state index contributed by atoms with van der Waals surface area (Å²) in [4.78, 5) is 11.3. The second-order valence-corrected chi connectivity index (χ2v) is 3.63. The molecule has 0 radical (unpaired) electrons. The van der Waals surface area contributed by atoms with Crippen LogP contribution in [0.5, 0.6) is 0 Å². The average Bonchev–Trinajstić information content (AvgIpc) is 2.67. The number of benzene rings is 1. The molecule has 0 fully saturated rings. The maximum Gasteiger partial charge on any atom is 0.250 e. The van der Waals surface area contributed by atoms with Crippen LogP contribution in [-0.2, 0) is 7.05 Å². The molecule has 0 bridgehead atoms. The number of aryl methyl sites for hydroxylation is 1. The summed E-state index contributed by atoms with van der Waals surface area (Å²) in [6.07, 6.45) is 1.78. The standard InChI is InChI=1S/C11H13N5O/c1-16-6-5-9(15-16)14-10-7(11(13)17)3-2-4-8(10)12/h2-6H,12H2,1H3,(H2,13,17)(H,14,15). The molecule has 88 valence electrons. The molecule has 5 N–H and O–H groups in total. The van der Waals surface area contributed by atoms with E-state index in [0.29, 0.717) is 22.8 Å². The van der Waals surface area contributed by atoms with E-state index in [0.717, 1.165) is 0 Å². The predicted molar refractivity (Wildman–Crippen MR) is 65.9 cm³/mol. The molecule has 2 rings (SSSR count). The van der Waals surface area contributed by atoms with Crippen molar-refractivity contribution in [2.75, 3.05) is 11.1 Å². The Morgan fingerprint density at radius 3 is 2.76 bits per heavy atom. The number of para-hydroxylation sites is 1. The van der Waals surface area contributed by atoms with Gasteiger partial charge in [0.15, 0.2) is 5.82 Å². The fourth-order valence-corrected chi connectivity index (χ4v) is 1.52. The van der Waals surface area contributed by atoms with E-state index in [1.807, 2.05) is 0 Å². The molecule has 0 atom stereocenters. The Labute approximate surface area is 98.2 Å². The summed E-state index contributed by atoms with van der Waals surface area (Å²) in [6.45, 7) is 0. The van der Waals surface area contributed by atoms with Gasteiger partial charge >= 0.3 is 0 Å². The Kier molecular flexibility index (Phi) is 2.70. The van der Waals surface area contributed by atoms with Crippen molar-refractivity contribution in [2.24, 2.45) is 12.8 Å². The number of hydrogen-bond donors (Lipinski definition) is 3. The van der Waals surface area contributed by atoms with Crippen molar-refractivity contribution in [1.82, 2.24) is 9.78 Å². The lowest BCUT2D eigenvalue weighted by Crippen LogP contribution is -2.14. The van der Waals surface area contributed by atoms with Crippen molar-refractivity contribution in [3.05, 3.63) is 36.0 Å². The summed E-state index contributed by atoms with van der Waals surface area (Å²) in [5.74, 6) is 0.0728. The van der Waals surface area contributed by atoms with Crippen LogP contribution in [-0.4, -0.2) is 15.7 Å². The van der Waals surface area contributed by atoms with Crippen molar-refractivity contribution in [2.45, 2.75) is 0 Å². The van der Waals surface area contributed by atoms with E-state index < -0.39 is 5.91 Å². The van der Waals surface area contributed by atoms with Crippen LogP contribution < -0.4 is 16.8 Å². The number of rotatable bonds is 3. The van der Waals surface area contributed by atoms with E-state index in [1.165, 1.54) is 0 Å². The van der Waals surface area contributed by atoms with Gasteiger partial charge in [-0.15, -0.1) is 0 Å². The Balaban J connectivity index is 2.40. The molecule has 1 aromatic carbocycles. The largest absolute Gasteiger partial charge is 0.397 e. The van der Waals surface area contributed by atoms with Crippen molar-refractivity contribution in [3.8, 4) is 0 Å². The maximum absolute atomic E-state index is 11.3. The molecule has 0 aliphatic rings. The van der Waals surface area contributed by atoms with Crippen LogP contribution in [0.2, 0.25) is 0 Å². The number of carbonyl (C=O) groups is 1. The van der Waals surface area contributed by atoms with E-state index in [9.17, 15) is 4.79 Å². The van der Waals surface area contributed by atoms with E-state index >= 15 is 0 Å². The van der Waals surface area contributed by atoms with Gasteiger partial charge in [0.2, 0.25) is 0 Å². The maximum atomic E-state index is 11.3. The molecule has 1 heterocycles. The average molecular weight is 231 g/mol. The van der Waals surface area contributed by atoms with Crippen LogP contribution in [0.1, 0.15) is 10.4 Å². The number of amides is 1. The normalized spacial score (nSPS) is 10.2. The number of nitrogens with zero attached hydrogens (tertiary/aromatic N) is 2. The first-order valence-electron chi connectivity index (χ1n) is 5.03. The third-order valence-corrected chi connectivity index (χ3v) is 2.33. The highest BCUT2D eigenvalue weighted by molar-refractivity contribution is 6.01. The Morgan fingerprint density at radius 2 is 2.18 bits per heavy atom. The summed E-state index contributed by atoms with van der Waals surface area (Å²) in [7, 11) is 1.80. The molecule has 0 spiro atoms. The molecule has 1 amide bonds. The number of aromatic nitrogens is 2. The van der Waals surface area contributed by atoms with Gasteiger partial charge < -0.3 is 16.8 Å². The number of hydrogen-bond acceptors (Lipinski definition) is 4. The molecule has 6 heteroatoms. The van der Waals surface area contributed by atoms with Crippen molar-refractivity contribution in [1.29, 1.82) is 0 Å². The van der Waals surface area contributed by atoms with Crippen molar-refractivity contribution < 1.29 is 4.79 Å². The van der Waals surface area contributed by atoms with Crippen LogP contribution in [0.3, 0.4) is 0 Å². The highest BCUT2D eigenvalue weighted by atomic mass is 16.1. The van der Waals surface area contributed by atoms with Crippen LogP contribution >= 0.6 is 0 Å². The molecule has 0 unspecified atom stereocenters. The van der Waals surface area contributed by atoms with E-state index in [4.69, 9.17) is 11.5 Å². The second kappa shape index (κ2) is 4.17.